The summed E-state index contributed by atoms with van der Waals surface area (Å²) in [5.41, 5.74) is 3.88. The molecule has 2 heterocycles. The van der Waals surface area contributed by atoms with E-state index in [0.717, 1.165) is 38.1 Å². The number of likely N-dealkylation sites (tertiary alicyclic amines) is 1. The van der Waals surface area contributed by atoms with E-state index in [9.17, 15) is 8.42 Å². The fourth-order valence-corrected chi connectivity index (χ4v) is 7.28. The second kappa shape index (κ2) is 12.6. The van der Waals surface area contributed by atoms with Gasteiger partial charge in [-0.05, 0) is 92.6 Å². The Morgan fingerprint density at radius 1 is 1.08 bits per heavy atom. The van der Waals surface area contributed by atoms with Crippen molar-refractivity contribution < 1.29 is 13.2 Å². The lowest BCUT2D eigenvalue weighted by Gasteiger charge is -2.39. The zero-order chi connectivity index (χ0) is 26.0. The third kappa shape index (κ3) is 6.68. The number of nitrogens with zero attached hydrogens (tertiary/aromatic N) is 3. The molecule has 3 aromatic rings. The summed E-state index contributed by atoms with van der Waals surface area (Å²) in [4.78, 5) is 6.63. The highest BCUT2D eigenvalue weighted by atomic mass is 35.5. The summed E-state index contributed by atoms with van der Waals surface area (Å²) >= 11 is 12.5. The fourth-order valence-electron chi connectivity index (χ4n) is 5.72. The van der Waals surface area contributed by atoms with Crippen molar-refractivity contribution in [1.82, 2.24) is 14.5 Å². The van der Waals surface area contributed by atoms with Crippen LogP contribution in [0.5, 0.6) is 5.75 Å². The topological polar surface area (TPSA) is 64.4 Å². The van der Waals surface area contributed by atoms with Gasteiger partial charge in [0.1, 0.15) is 5.75 Å². The van der Waals surface area contributed by atoms with Crippen molar-refractivity contribution in [3.8, 4) is 5.75 Å². The van der Waals surface area contributed by atoms with Gasteiger partial charge in [-0.3, -0.25) is 4.90 Å². The summed E-state index contributed by atoms with van der Waals surface area (Å²) < 4.78 is 32.7. The minimum Gasteiger partial charge on any atom is -0.494 e. The molecule has 0 spiro atoms. The number of benzene rings is 2. The van der Waals surface area contributed by atoms with Crippen molar-refractivity contribution in [1.29, 1.82) is 0 Å². The Balaban J connectivity index is 0.00000336. The molecule has 6 nitrogen and oxygen atoms in total. The monoisotopic (exact) mass is 597 g/mol. The molecule has 0 radical (unpaired) electrons. The number of halogens is 3. The van der Waals surface area contributed by atoms with Crippen LogP contribution in [0.25, 0.3) is 0 Å². The first-order valence-electron chi connectivity index (χ1n) is 12.9. The van der Waals surface area contributed by atoms with Gasteiger partial charge >= 0.3 is 0 Å². The number of fused-ring (bicyclic) bond motifs is 1. The number of hydrogen-bond acceptors (Lipinski definition) is 5. The van der Waals surface area contributed by atoms with E-state index in [-0.39, 0.29) is 23.2 Å². The predicted molar refractivity (Wildman–Crippen MR) is 155 cm³/mol. The summed E-state index contributed by atoms with van der Waals surface area (Å²) in [5.74, 6) is 1.12. The van der Waals surface area contributed by atoms with Gasteiger partial charge in [0, 0.05) is 25.2 Å². The molecule has 2 aliphatic rings. The predicted octanol–water partition coefficient (Wildman–Crippen LogP) is 6.13. The van der Waals surface area contributed by atoms with E-state index in [2.05, 4.69) is 28.1 Å². The Morgan fingerprint density at radius 3 is 2.58 bits per heavy atom. The second-order valence-corrected chi connectivity index (χ2v) is 13.0. The van der Waals surface area contributed by atoms with E-state index in [1.54, 1.807) is 11.6 Å². The van der Waals surface area contributed by atoms with E-state index < -0.39 is 9.84 Å². The van der Waals surface area contributed by atoms with Crippen molar-refractivity contribution in [2.75, 3.05) is 25.4 Å². The largest absolute Gasteiger partial charge is 0.494 e. The molecule has 38 heavy (non-hydrogen) atoms. The van der Waals surface area contributed by atoms with Crippen LogP contribution < -0.4 is 4.74 Å². The standard InChI is InChI=1S/C28H33Cl2N3O3S.ClH/c1-32-18-28(31-19-32)37(34,35)14-4-13-36-22-8-6-21-7-10-27(33-11-2-3-12-33)24(23(21)17-22)15-20-5-9-25(29)26(30)16-20;/h5-6,8-9,16-19,24,27H,2-4,7,10-15H2,1H3;1H. The number of aryl methyl sites for hydroxylation is 2. The lowest BCUT2D eigenvalue weighted by atomic mass is 9.75. The molecular weight excluding hydrogens is 565 g/mol. The molecule has 0 amide bonds. The van der Waals surface area contributed by atoms with Crippen LogP contribution in [0.2, 0.25) is 10.0 Å². The highest BCUT2D eigenvalue weighted by Gasteiger charge is 2.35. The maximum atomic E-state index is 12.5. The zero-order valence-corrected chi connectivity index (χ0v) is 24.6. The first-order valence-corrected chi connectivity index (χ1v) is 15.4. The first-order chi connectivity index (χ1) is 17.8. The fraction of sp³-hybridized carbons (Fsp3) is 0.464. The normalized spacial score (nSPS) is 19.7. The molecule has 206 valence electrons. The third-order valence-electron chi connectivity index (χ3n) is 7.57. The van der Waals surface area contributed by atoms with Gasteiger partial charge in [-0.2, -0.15) is 0 Å². The van der Waals surface area contributed by atoms with Gasteiger partial charge in [-0.1, -0.05) is 35.3 Å². The quantitative estimate of drug-likeness (QED) is 0.277. The average Bonchev–Trinajstić information content (AvgIpc) is 3.57. The van der Waals surface area contributed by atoms with Crippen LogP contribution in [-0.4, -0.2) is 54.4 Å². The minimum absolute atomic E-state index is 0. The van der Waals surface area contributed by atoms with Crippen LogP contribution in [-0.2, 0) is 29.7 Å². The first kappa shape index (κ1) is 29.2. The molecule has 0 saturated carbocycles. The van der Waals surface area contributed by atoms with Crippen LogP contribution in [0.4, 0.5) is 0 Å². The molecule has 1 aliphatic carbocycles. The lowest BCUT2D eigenvalue weighted by molar-refractivity contribution is 0.188. The van der Waals surface area contributed by atoms with E-state index in [1.165, 1.54) is 42.1 Å². The summed E-state index contributed by atoms with van der Waals surface area (Å²) in [6, 6.07) is 12.8. The molecule has 10 heteroatoms. The van der Waals surface area contributed by atoms with Crippen LogP contribution in [0.15, 0.2) is 53.9 Å². The Morgan fingerprint density at radius 2 is 1.87 bits per heavy atom. The molecule has 0 N–H and O–H groups in total. The average molecular weight is 599 g/mol. The number of rotatable bonds is 9. The SMILES string of the molecule is Cl.Cn1cnc(S(=O)(=O)CCCOc2ccc3c(c2)C(Cc2ccc(Cl)c(Cl)c2)C(N2CCCC2)CC3)c1. The molecule has 2 unspecified atom stereocenters. The van der Waals surface area contributed by atoms with E-state index >= 15 is 0 Å². The number of sulfone groups is 1. The molecule has 5 rings (SSSR count). The highest BCUT2D eigenvalue weighted by molar-refractivity contribution is 7.91. The summed E-state index contributed by atoms with van der Waals surface area (Å²) in [7, 11) is -1.65. The highest BCUT2D eigenvalue weighted by Crippen LogP contribution is 2.40. The Labute approximate surface area is 241 Å². The van der Waals surface area contributed by atoms with Crippen LogP contribution >= 0.6 is 35.6 Å². The Kier molecular flexibility index (Phi) is 9.69. The van der Waals surface area contributed by atoms with Crippen molar-refractivity contribution in [2.45, 2.75) is 55.5 Å². The molecule has 2 atom stereocenters. The zero-order valence-electron chi connectivity index (χ0n) is 21.5. The van der Waals surface area contributed by atoms with Gasteiger partial charge in [0.2, 0.25) is 0 Å². The number of ether oxygens (including phenoxy) is 1. The molecule has 2 aromatic carbocycles. The van der Waals surface area contributed by atoms with Gasteiger partial charge < -0.3 is 9.30 Å². The molecule has 1 saturated heterocycles. The summed E-state index contributed by atoms with van der Waals surface area (Å²) in [6.45, 7) is 2.63. The molecule has 1 fully saturated rings. The van der Waals surface area contributed by atoms with Crippen molar-refractivity contribution in [3.05, 3.63) is 75.7 Å². The lowest BCUT2D eigenvalue weighted by Crippen LogP contribution is -2.41. The van der Waals surface area contributed by atoms with Gasteiger partial charge in [0.15, 0.2) is 14.9 Å². The molecule has 1 aliphatic heterocycles. The van der Waals surface area contributed by atoms with Gasteiger partial charge in [-0.15, -0.1) is 12.4 Å². The molecule has 1 aromatic heterocycles. The van der Waals surface area contributed by atoms with E-state index in [1.807, 2.05) is 18.2 Å². The molecule has 0 bridgehead atoms. The maximum Gasteiger partial charge on any atom is 0.197 e. The van der Waals surface area contributed by atoms with Gasteiger partial charge in [0.25, 0.3) is 0 Å². The summed E-state index contributed by atoms with van der Waals surface area (Å²) in [5, 5.41) is 1.28. The number of aromatic nitrogens is 2. The Bertz CT molecular complexity index is 1360. The molecular formula is C28H34Cl3N3O3S. The van der Waals surface area contributed by atoms with E-state index in [0.29, 0.717) is 35.0 Å². The Hall–Kier alpha value is -1.77. The minimum atomic E-state index is -3.41. The smallest absolute Gasteiger partial charge is 0.197 e. The third-order valence-corrected chi connectivity index (χ3v) is 9.98. The second-order valence-electron chi connectivity index (χ2n) is 10.2. The number of imidazole rings is 1. The van der Waals surface area contributed by atoms with Crippen LogP contribution in [0.3, 0.4) is 0 Å². The van der Waals surface area contributed by atoms with Crippen LogP contribution in [0, 0.1) is 0 Å². The van der Waals surface area contributed by atoms with Crippen molar-refractivity contribution >= 4 is 45.4 Å². The van der Waals surface area contributed by atoms with Crippen molar-refractivity contribution in [2.24, 2.45) is 7.05 Å². The maximum absolute atomic E-state index is 12.5. The van der Waals surface area contributed by atoms with Gasteiger partial charge in [0.05, 0.1) is 28.7 Å². The summed E-state index contributed by atoms with van der Waals surface area (Å²) in [6.07, 6.45) is 9.03. The van der Waals surface area contributed by atoms with E-state index in [4.69, 9.17) is 27.9 Å². The van der Waals surface area contributed by atoms with Crippen molar-refractivity contribution in [3.63, 3.8) is 0 Å². The van der Waals surface area contributed by atoms with Gasteiger partial charge in [-0.25, -0.2) is 13.4 Å². The van der Waals surface area contributed by atoms with Crippen LogP contribution in [0.1, 0.15) is 48.3 Å². The number of hydrogen-bond donors (Lipinski definition) is 0.